The molecule has 0 aromatic heterocycles. The summed E-state index contributed by atoms with van der Waals surface area (Å²) in [6, 6.07) is 1.39. The van der Waals surface area contributed by atoms with Gasteiger partial charge >= 0.3 is 0 Å². The van der Waals surface area contributed by atoms with Crippen molar-refractivity contribution in [3.05, 3.63) is 0 Å². The molecule has 0 radical (unpaired) electrons. The lowest BCUT2D eigenvalue weighted by molar-refractivity contribution is 0.128. The van der Waals surface area contributed by atoms with Crippen LogP contribution in [0.25, 0.3) is 0 Å². The zero-order valence-corrected chi connectivity index (χ0v) is 12.2. The highest BCUT2D eigenvalue weighted by molar-refractivity contribution is 4.94. The fraction of sp³-hybridized carbons (Fsp3) is 1.00. The average Bonchev–Trinajstić information content (AvgIpc) is 3.05. The van der Waals surface area contributed by atoms with Crippen LogP contribution in [0.5, 0.6) is 0 Å². The van der Waals surface area contributed by atoms with Crippen molar-refractivity contribution in [1.29, 1.82) is 0 Å². The summed E-state index contributed by atoms with van der Waals surface area (Å²) in [5.41, 5.74) is 0. The van der Waals surface area contributed by atoms with Gasteiger partial charge in [-0.05, 0) is 38.1 Å². The zero-order valence-electron chi connectivity index (χ0n) is 12.2. The third kappa shape index (κ3) is 3.50. The van der Waals surface area contributed by atoms with Crippen molar-refractivity contribution in [1.82, 2.24) is 10.2 Å². The highest BCUT2D eigenvalue weighted by atomic mass is 16.3. The maximum Gasteiger partial charge on any atom is 0.0667 e. The Labute approximate surface area is 117 Å². The second-order valence-electron chi connectivity index (χ2n) is 6.94. The van der Waals surface area contributed by atoms with Crippen LogP contribution in [0.4, 0.5) is 0 Å². The summed E-state index contributed by atoms with van der Waals surface area (Å²) in [5, 5.41) is 13.9. The molecule has 19 heavy (non-hydrogen) atoms. The minimum absolute atomic E-state index is 0.124. The molecule has 0 aromatic carbocycles. The van der Waals surface area contributed by atoms with E-state index >= 15 is 0 Å². The highest BCUT2D eigenvalue weighted by Gasteiger charge is 2.35. The van der Waals surface area contributed by atoms with Crippen molar-refractivity contribution in [2.45, 2.75) is 76.0 Å². The van der Waals surface area contributed by atoms with Gasteiger partial charge in [-0.25, -0.2) is 0 Å². The number of nitrogens with one attached hydrogen (secondary N) is 1. The first-order valence-electron chi connectivity index (χ1n) is 8.48. The summed E-state index contributed by atoms with van der Waals surface area (Å²) in [4.78, 5) is 2.66. The monoisotopic (exact) mass is 266 g/mol. The molecule has 2 saturated heterocycles. The molecule has 3 rings (SSSR count). The molecule has 3 aliphatic rings. The van der Waals surface area contributed by atoms with Crippen molar-refractivity contribution in [2.24, 2.45) is 5.92 Å². The van der Waals surface area contributed by atoms with Crippen LogP contribution in [0.3, 0.4) is 0 Å². The number of rotatable bonds is 5. The number of aliphatic hydroxyl groups is 1. The van der Waals surface area contributed by atoms with E-state index in [4.69, 9.17) is 0 Å². The first-order chi connectivity index (χ1) is 9.33. The van der Waals surface area contributed by atoms with E-state index in [2.05, 4.69) is 10.2 Å². The maximum atomic E-state index is 10.2. The molecule has 3 nitrogen and oxygen atoms in total. The molecule has 2 N–H and O–H groups in total. The number of nitrogens with zero attached hydrogens (tertiary/aromatic N) is 1. The number of hydrogen-bond acceptors (Lipinski definition) is 3. The van der Waals surface area contributed by atoms with E-state index in [1.54, 1.807) is 0 Å². The largest absolute Gasteiger partial charge is 0.392 e. The lowest BCUT2D eigenvalue weighted by Crippen LogP contribution is -2.46. The molecule has 3 heteroatoms. The van der Waals surface area contributed by atoms with Gasteiger partial charge in [-0.2, -0.15) is 0 Å². The van der Waals surface area contributed by atoms with Crippen LogP contribution in [-0.2, 0) is 0 Å². The maximum absolute atomic E-state index is 10.2. The van der Waals surface area contributed by atoms with Crippen LogP contribution in [0.15, 0.2) is 0 Å². The fourth-order valence-corrected chi connectivity index (χ4v) is 4.49. The molecule has 0 aromatic rings. The quantitative estimate of drug-likeness (QED) is 0.800. The molecule has 110 valence electrons. The van der Waals surface area contributed by atoms with Gasteiger partial charge in [0.1, 0.15) is 0 Å². The minimum atomic E-state index is -0.124. The standard InChI is InChI=1S/C16H30N2O/c19-14(11-13-5-1-2-6-13)12-17-15-8-10-18-9-4-3-7-16(15)18/h13-17,19H,1-12H2. The Balaban J connectivity index is 1.39. The Hall–Kier alpha value is -0.120. The Morgan fingerprint density at radius 1 is 1.00 bits per heavy atom. The van der Waals surface area contributed by atoms with E-state index in [1.807, 2.05) is 0 Å². The van der Waals surface area contributed by atoms with Gasteiger partial charge in [0, 0.05) is 25.2 Å². The van der Waals surface area contributed by atoms with Crippen molar-refractivity contribution < 1.29 is 5.11 Å². The summed E-state index contributed by atoms with van der Waals surface area (Å²) in [7, 11) is 0. The smallest absolute Gasteiger partial charge is 0.0667 e. The third-order valence-electron chi connectivity index (χ3n) is 5.55. The third-order valence-corrected chi connectivity index (χ3v) is 5.55. The number of hydrogen-bond donors (Lipinski definition) is 2. The van der Waals surface area contributed by atoms with Gasteiger partial charge in [-0.3, -0.25) is 4.90 Å². The van der Waals surface area contributed by atoms with Crippen molar-refractivity contribution in [3.8, 4) is 0 Å². The van der Waals surface area contributed by atoms with Crippen LogP contribution in [0, 0.1) is 5.92 Å². The van der Waals surface area contributed by atoms with E-state index in [-0.39, 0.29) is 6.10 Å². The van der Waals surface area contributed by atoms with E-state index < -0.39 is 0 Å². The summed E-state index contributed by atoms with van der Waals surface area (Å²) < 4.78 is 0. The number of fused-ring (bicyclic) bond motifs is 1. The molecule has 1 saturated carbocycles. The number of aliphatic hydroxyl groups excluding tert-OH is 1. The van der Waals surface area contributed by atoms with Crippen LogP contribution >= 0.6 is 0 Å². The molecule has 2 heterocycles. The van der Waals surface area contributed by atoms with Crippen molar-refractivity contribution >= 4 is 0 Å². The molecule has 0 bridgehead atoms. The first kappa shape index (κ1) is 13.8. The Morgan fingerprint density at radius 2 is 1.79 bits per heavy atom. The molecule has 3 fully saturated rings. The van der Waals surface area contributed by atoms with Gasteiger partial charge in [0.2, 0.25) is 0 Å². The minimum Gasteiger partial charge on any atom is -0.392 e. The molecular weight excluding hydrogens is 236 g/mol. The second kappa shape index (κ2) is 6.55. The Bertz CT molecular complexity index is 278. The van der Waals surface area contributed by atoms with E-state index in [9.17, 15) is 5.11 Å². The number of piperidine rings is 1. The van der Waals surface area contributed by atoms with Crippen molar-refractivity contribution in [2.75, 3.05) is 19.6 Å². The van der Waals surface area contributed by atoms with Gasteiger partial charge in [0.25, 0.3) is 0 Å². The van der Waals surface area contributed by atoms with E-state index in [1.165, 1.54) is 64.5 Å². The molecule has 0 amide bonds. The topological polar surface area (TPSA) is 35.5 Å². The van der Waals surface area contributed by atoms with Gasteiger partial charge in [0.05, 0.1) is 6.10 Å². The summed E-state index contributed by atoms with van der Waals surface area (Å²) in [5.74, 6) is 0.798. The van der Waals surface area contributed by atoms with Crippen LogP contribution in [0.2, 0.25) is 0 Å². The molecule has 3 atom stereocenters. The van der Waals surface area contributed by atoms with E-state index in [0.717, 1.165) is 24.9 Å². The lowest BCUT2D eigenvalue weighted by Gasteiger charge is -2.33. The summed E-state index contributed by atoms with van der Waals surface area (Å²) in [6.45, 7) is 3.38. The Morgan fingerprint density at radius 3 is 2.63 bits per heavy atom. The molecule has 3 unspecified atom stereocenters. The van der Waals surface area contributed by atoms with E-state index in [0.29, 0.717) is 6.04 Å². The SMILES string of the molecule is OC(CNC1CCN2CCCCC12)CC1CCCC1. The summed E-state index contributed by atoms with van der Waals surface area (Å²) >= 11 is 0. The molecule has 1 aliphatic carbocycles. The highest BCUT2D eigenvalue weighted by Crippen LogP contribution is 2.29. The first-order valence-corrected chi connectivity index (χ1v) is 8.48. The second-order valence-corrected chi connectivity index (χ2v) is 6.94. The predicted molar refractivity (Wildman–Crippen MR) is 78.2 cm³/mol. The fourth-order valence-electron chi connectivity index (χ4n) is 4.49. The summed E-state index contributed by atoms with van der Waals surface area (Å²) in [6.07, 6.45) is 11.8. The average molecular weight is 266 g/mol. The zero-order chi connectivity index (χ0) is 13.1. The molecule has 0 spiro atoms. The normalized spacial score (nSPS) is 34.6. The van der Waals surface area contributed by atoms with Crippen LogP contribution in [-0.4, -0.2) is 47.8 Å². The van der Waals surface area contributed by atoms with Crippen LogP contribution < -0.4 is 5.32 Å². The predicted octanol–water partition coefficient (Wildman–Crippen LogP) is 2.14. The molecule has 2 aliphatic heterocycles. The van der Waals surface area contributed by atoms with Gasteiger partial charge in [-0.1, -0.05) is 32.1 Å². The van der Waals surface area contributed by atoms with Gasteiger partial charge in [-0.15, -0.1) is 0 Å². The lowest BCUT2D eigenvalue weighted by atomic mass is 9.97. The van der Waals surface area contributed by atoms with Crippen molar-refractivity contribution in [3.63, 3.8) is 0 Å². The van der Waals surface area contributed by atoms with Gasteiger partial charge in [0.15, 0.2) is 0 Å². The van der Waals surface area contributed by atoms with Crippen LogP contribution in [0.1, 0.15) is 57.8 Å². The Kier molecular flexibility index (Phi) is 4.78. The molecular formula is C16H30N2O. The van der Waals surface area contributed by atoms with Gasteiger partial charge < -0.3 is 10.4 Å².